The fourth-order valence-electron chi connectivity index (χ4n) is 5.53. The molecule has 218 valence electrons. The number of carbonyl (C=O) groups excluding carboxylic acids is 1. The number of aromatic nitrogens is 2. The van der Waals surface area contributed by atoms with Gasteiger partial charge in [0, 0.05) is 47.3 Å². The highest BCUT2D eigenvalue weighted by molar-refractivity contribution is 7.10. The number of aryl methyl sites for hydroxylation is 1. The first-order chi connectivity index (χ1) is 20.8. The van der Waals surface area contributed by atoms with Crippen molar-refractivity contribution in [1.82, 2.24) is 9.13 Å². The number of benzene rings is 2. The van der Waals surface area contributed by atoms with E-state index in [0.29, 0.717) is 20.6 Å². The lowest BCUT2D eigenvalue weighted by Crippen LogP contribution is -2.39. The third-order valence-corrected chi connectivity index (χ3v) is 9.48. The number of anilines is 1. The molecular formula is C34H32N4O3S2. The van der Waals surface area contributed by atoms with Crippen molar-refractivity contribution >= 4 is 46.1 Å². The fraction of sp³-hybridized carbons (Fsp3) is 0.206. The quantitative estimate of drug-likeness (QED) is 0.230. The molecule has 0 saturated heterocycles. The predicted octanol–water partition coefficient (Wildman–Crippen LogP) is 5.47. The third kappa shape index (κ3) is 5.19. The van der Waals surface area contributed by atoms with E-state index in [0.717, 1.165) is 38.8 Å². The van der Waals surface area contributed by atoms with Crippen LogP contribution in [0.4, 0.5) is 5.69 Å². The molecule has 0 unspecified atom stereocenters. The lowest BCUT2D eigenvalue weighted by atomic mass is 9.97. The summed E-state index contributed by atoms with van der Waals surface area (Å²) < 4.78 is 9.94. The van der Waals surface area contributed by atoms with Crippen molar-refractivity contribution in [2.24, 2.45) is 4.99 Å². The monoisotopic (exact) mass is 608 g/mol. The smallest absolute Gasteiger partial charge is 0.338 e. The van der Waals surface area contributed by atoms with Crippen LogP contribution >= 0.6 is 22.7 Å². The summed E-state index contributed by atoms with van der Waals surface area (Å²) in [6, 6.07) is 23.4. The molecule has 7 nitrogen and oxygen atoms in total. The first kappa shape index (κ1) is 28.6. The number of carbonyl (C=O) groups is 1. The van der Waals surface area contributed by atoms with Crippen molar-refractivity contribution in [3.05, 3.63) is 131 Å². The van der Waals surface area contributed by atoms with Gasteiger partial charge in [-0.15, -0.1) is 11.3 Å². The maximum Gasteiger partial charge on any atom is 0.338 e. The zero-order chi connectivity index (χ0) is 30.2. The average Bonchev–Trinajstić information content (AvgIpc) is 3.71. The molecule has 0 fully saturated rings. The number of rotatable bonds is 7. The lowest BCUT2D eigenvalue weighted by molar-refractivity contribution is -0.138. The number of nitrogens with zero attached hydrogens (tertiary/aromatic N) is 4. The summed E-state index contributed by atoms with van der Waals surface area (Å²) in [5.41, 5.74) is 6.77. The van der Waals surface area contributed by atoms with Crippen LogP contribution in [0, 0.1) is 13.8 Å². The van der Waals surface area contributed by atoms with E-state index in [-0.39, 0.29) is 12.2 Å². The Hall–Kier alpha value is -4.47. The van der Waals surface area contributed by atoms with Gasteiger partial charge in [-0.3, -0.25) is 9.36 Å². The Balaban J connectivity index is 1.54. The molecule has 43 heavy (non-hydrogen) atoms. The van der Waals surface area contributed by atoms with E-state index in [1.54, 1.807) is 11.5 Å². The van der Waals surface area contributed by atoms with E-state index in [9.17, 15) is 9.59 Å². The SMILES string of the molecule is CCOC(=O)C1=C(c2ccccc2)N=c2s/c(=C/c3cc(C)n(-c4ccc(N(C)C)cc4)c3C)c(=O)n2[C@H]1c1cccs1. The largest absolute Gasteiger partial charge is 0.463 e. The first-order valence-electron chi connectivity index (χ1n) is 14.1. The van der Waals surface area contributed by atoms with Gasteiger partial charge in [0.15, 0.2) is 4.80 Å². The molecule has 5 aromatic rings. The zero-order valence-electron chi connectivity index (χ0n) is 24.7. The number of hydrogen-bond donors (Lipinski definition) is 0. The molecule has 4 heterocycles. The lowest BCUT2D eigenvalue weighted by Gasteiger charge is -2.24. The van der Waals surface area contributed by atoms with Crippen LogP contribution in [0.15, 0.2) is 93.5 Å². The van der Waals surface area contributed by atoms with E-state index in [1.807, 2.05) is 68.0 Å². The molecule has 6 rings (SSSR count). The van der Waals surface area contributed by atoms with Gasteiger partial charge in [0.25, 0.3) is 5.56 Å². The standard InChI is InChI=1S/C34H32N4O3S2/c1-6-41-33(40)29-30(23-11-8-7-9-12-23)35-34-38(31(29)27-13-10-18-42-27)32(39)28(43-34)20-24-19-21(2)37(22(24)3)26-16-14-25(15-17-26)36(4)5/h7-20,31H,6H2,1-5H3/b28-20+/t31-/m0/s1. The minimum atomic E-state index is -0.643. The fourth-order valence-corrected chi connectivity index (χ4v) is 7.34. The molecule has 1 aliphatic heterocycles. The Bertz CT molecular complexity index is 2010. The van der Waals surface area contributed by atoms with Gasteiger partial charge in [0.2, 0.25) is 0 Å². The maximum atomic E-state index is 14.2. The second kappa shape index (κ2) is 11.7. The molecule has 0 saturated carbocycles. The van der Waals surface area contributed by atoms with Gasteiger partial charge in [0.05, 0.1) is 22.4 Å². The molecular weight excluding hydrogens is 577 g/mol. The van der Waals surface area contributed by atoms with Crippen molar-refractivity contribution in [2.45, 2.75) is 26.8 Å². The van der Waals surface area contributed by atoms with Gasteiger partial charge in [-0.05, 0) is 74.2 Å². The van der Waals surface area contributed by atoms with Crippen molar-refractivity contribution in [3.63, 3.8) is 0 Å². The van der Waals surface area contributed by atoms with Crippen LogP contribution < -0.4 is 19.8 Å². The van der Waals surface area contributed by atoms with Crippen LogP contribution in [0.2, 0.25) is 0 Å². The van der Waals surface area contributed by atoms with E-state index in [1.165, 1.54) is 22.7 Å². The molecule has 1 atom stereocenters. The highest BCUT2D eigenvalue weighted by Gasteiger charge is 2.35. The Kier molecular flexibility index (Phi) is 7.77. The third-order valence-electron chi connectivity index (χ3n) is 7.57. The highest BCUT2D eigenvalue weighted by atomic mass is 32.1. The van der Waals surface area contributed by atoms with E-state index >= 15 is 0 Å². The van der Waals surface area contributed by atoms with Crippen molar-refractivity contribution in [1.29, 1.82) is 0 Å². The summed E-state index contributed by atoms with van der Waals surface area (Å²) in [6.07, 6.45) is 1.94. The highest BCUT2D eigenvalue weighted by Crippen LogP contribution is 2.37. The summed E-state index contributed by atoms with van der Waals surface area (Å²) in [5, 5.41) is 1.95. The molecule has 3 aromatic heterocycles. The summed E-state index contributed by atoms with van der Waals surface area (Å²) in [4.78, 5) is 36.1. The minimum absolute atomic E-state index is 0.184. The van der Waals surface area contributed by atoms with Crippen LogP contribution in [0.1, 0.15) is 40.4 Å². The number of hydrogen-bond acceptors (Lipinski definition) is 7. The van der Waals surface area contributed by atoms with Crippen LogP contribution in [-0.2, 0) is 9.53 Å². The second-order valence-corrected chi connectivity index (χ2v) is 12.5. The van der Waals surface area contributed by atoms with E-state index in [4.69, 9.17) is 9.73 Å². The number of ether oxygens (including phenoxy) is 1. The molecule has 0 spiro atoms. The van der Waals surface area contributed by atoms with Crippen molar-refractivity contribution in [3.8, 4) is 5.69 Å². The number of esters is 1. The summed E-state index contributed by atoms with van der Waals surface area (Å²) >= 11 is 2.84. The summed E-state index contributed by atoms with van der Waals surface area (Å²) in [5.74, 6) is -0.471. The zero-order valence-corrected chi connectivity index (χ0v) is 26.3. The first-order valence-corrected chi connectivity index (χ1v) is 15.8. The molecule has 0 N–H and O–H groups in total. The van der Waals surface area contributed by atoms with Gasteiger partial charge in [0.1, 0.15) is 6.04 Å². The van der Waals surface area contributed by atoms with E-state index in [2.05, 4.69) is 53.6 Å². The van der Waals surface area contributed by atoms with Gasteiger partial charge in [-0.2, -0.15) is 0 Å². The van der Waals surface area contributed by atoms with Crippen LogP contribution in [0.3, 0.4) is 0 Å². The van der Waals surface area contributed by atoms with Crippen molar-refractivity contribution in [2.75, 3.05) is 25.6 Å². The van der Waals surface area contributed by atoms with Gasteiger partial charge in [-0.1, -0.05) is 47.7 Å². The number of thiazole rings is 1. The number of fused-ring (bicyclic) bond motifs is 1. The van der Waals surface area contributed by atoms with Gasteiger partial charge in [-0.25, -0.2) is 9.79 Å². The Morgan fingerprint density at radius 1 is 1.05 bits per heavy atom. The van der Waals surface area contributed by atoms with Crippen LogP contribution in [0.25, 0.3) is 17.5 Å². The van der Waals surface area contributed by atoms with E-state index < -0.39 is 12.0 Å². The number of thiophene rings is 1. The topological polar surface area (TPSA) is 68.8 Å². The van der Waals surface area contributed by atoms with Gasteiger partial charge >= 0.3 is 5.97 Å². The van der Waals surface area contributed by atoms with Crippen LogP contribution in [0.5, 0.6) is 0 Å². The molecule has 0 aliphatic carbocycles. The van der Waals surface area contributed by atoms with Crippen molar-refractivity contribution < 1.29 is 9.53 Å². The summed E-state index contributed by atoms with van der Waals surface area (Å²) in [6.45, 7) is 6.14. The van der Waals surface area contributed by atoms with Gasteiger partial charge < -0.3 is 14.2 Å². The molecule has 9 heteroatoms. The minimum Gasteiger partial charge on any atom is -0.463 e. The second-order valence-electron chi connectivity index (χ2n) is 10.5. The van der Waals surface area contributed by atoms with Crippen LogP contribution in [-0.4, -0.2) is 35.8 Å². The molecule has 0 radical (unpaired) electrons. The molecule has 0 amide bonds. The predicted molar refractivity (Wildman–Crippen MR) is 175 cm³/mol. The Morgan fingerprint density at radius 2 is 1.79 bits per heavy atom. The molecule has 0 bridgehead atoms. The maximum absolute atomic E-state index is 14.2. The molecule has 1 aliphatic rings. The average molecular weight is 609 g/mol. The summed E-state index contributed by atoms with van der Waals surface area (Å²) in [7, 11) is 4.05. The Labute approximate surface area is 258 Å². The molecule has 2 aromatic carbocycles. The normalized spacial score (nSPS) is 14.9. The Morgan fingerprint density at radius 3 is 2.44 bits per heavy atom.